The minimum absolute atomic E-state index is 0.0573. The van der Waals surface area contributed by atoms with Gasteiger partial charge in [0.05, 0.1) is 6.61 Å². The van der Waals surface area contributed by atoms with Gasteiger partial charge in [-0.15, -0.1) is 11.6 Å². The summed E-state index contributed by atoms with van der Waals surface area (Å²) in [6, 6.07) is 2.32. The van der Waals surface area contributed by atoms with E-state index in [0.29, 0.717) is 5.56 Å². The largest absolute Gasteiger partial charge is 0.482 e. The Bertz CT molecular complexity index is 335. The van der Waals surface area contributed by atoms with Gasteiger partial charge < -0.3 is 9.47 Å². The summed E-state index contributed by atoms with van der Waals surface area (Å²) >= 11 is 5.48. The summed E-state index contributed by atoms with van der Waals surface area (Å²) in [4.78, 5) is 0. The van der Waals surface area contributed by atoms with E-state index in [2.05, 4.69) is 0 Å². The molecular formula is C11H13ClF2O2. The van der Waals surface area contributed by atoms with Crippen LogP contribution in [0.4, 0.5) is 8.78 Å². The molecule has 0 amide bonds. The first-order chi connectivity index (χ1) is 7.58. The fraction of sp³-hybridized carbons (Fsp3) is 0.455. The highest BCUT2D eigenvalue weighted by atomic mass is 35.5. The topological polar surface area (TPSA) is 18.5 Å². The van der Waals surface area contributed by atoms with E-state index in [1.807, 2.05) is 0 Å². The number of hydrogen-bond donors (Lipinski definition) is 0. The van der Waals surface area contributed by atoms with Crippen molar-refractivity contribution < 1.29 is 18.3 Å². The van der Waals surface area contributed by atoms with Gasteiger partial charge in [0.1, 0.15) is 6.10 Å². The van der Waals surface area contributed by atoms with E-state index < -0.39 is 23.5 Å². The maximum Gasteiger partial charge on any atom is 0.191 e. The fourth-order valence-electron chi connectivity index (χ4n) is 1.27. The average Bonchev–Trinajstić information content (AvgIpc) is 2.23. The summed E-state index contributed by atoms with van der Waals surface area (Å²) in [6.45, 7) is 1.92. The van der Waals surface area contributed by atoms with Gasteiger partial charge >= 0.3 is 0 Å². The van der Waals surface area contributed by atoms with Crippen LogP contribution in [0, 0.1) is 11.6 Å². The summed E-state index contributed by atoms with van der Waals surface area (Å²) in [7, 11) is 1.49. The smallest absolute Gasteiger partial charge is 0.191 e. The molecule has 0 heterocycles. The zero-order chi connectivity index (χ0) is 12.1. The average molecular weight is 251 g/mol. The second-order valence-electron chi connectivity index (χ2n) is 3.41. The zero-order valence-corrected chi connectivity index (χ0v) is 9.85. The standard InChI is InChI=1S/C11H13ClF2O2/c1-7(6-15-2)16-11-9(13)3-8(5-12)4-10(11)14/h3-4,7H,5-6H2,1-2H3. The molecule has 0 N–H and O–H groups in total. The Morgan fingerprint density at radius 1 is 1.31 bits per heavy atom. The lowest BCUT2D eigenvalue weighted by Gasteiger charge is -2.15. The first kappa shape index (κ1) is 13.2. The lowest BCUT2D eigenvalue weighted by Crippen LogP contribution is -2.19. The highest BCUT2D eigenvalue weighted by Crippen LogP contribution is 2.25. The van der Waals surface area contributed by atoms with Gasteiger partial charge in [0.15, 0.2) is 17.4 Å². The van der Waals surface area contributed by atoms with Crippen molar-refractivity contribution in [2.45, 2.75) is 18.9 Å². The Morgan fingerprint density at radius 2 is 1.88 bits per heavy atom. The van der Waals surface area contributed by atoms with E-state index in [1.54, 1.807) is 6.92 Å². The number of halogens is 3. The van der Waals surface area contributed by atoms with Crippen LogP contribution in [0.1, 0.15) is 12.5 Å². The van der Waals surface area contributed by atoms with Gasteiger partial charge in [-0.05, 0) is 24.6 Å². The zero-order valence-electron chi connectivity index (χ0n) is 9.10. The molecule has 0 spiro atoms. The van der Waals surface area contributed by atoms with E-state index in [0.717, 1.165) is 12.1 Å². The van der Waals surface area contributed by atoms with E-state index in [-0.39, 0.29) is 12.5 Å². The summed E-state index contributed by atoms with van der Waals surface area (Å²) in [5.74, 6) is -1.84. The Labute approximate surface area is 98.1 Å². The quantitative estimate of drug-likeness (QED) is 0.748. The highest BCUT2D eigenvalue weighted by molar-refractivity contribution is 6.17. The molecule has 5 heteroatoms. The maximum absolute atomic E-state index is 13.4. The predicted octanol–water partition coefficient (Wildman–Crippen LogP) is 3.12. The molecule has 0 saturated carbocycles. The minimum Gasteiger partial charge on any atom is -0.482 e. The summed E-state index contributed by atoms with van der Waals surface area (Å²) < 4.78 is 36.8. The molecule has 0 aromatic heterocycles. The normalized spacial score (nSPS) is 12.6. The second-order valence-corrected chi connectivity index (χ2v) is 3.67. The summed E-state index contributed by atoms with van der Waals surface area (Å²) in [6.07, 6.45) is -0.421. The first-order valence-corrected chi connectivity index (χ1v) is 5.31. The number of alkyl halides is 1. The van der Waals surface area contributed by atoms with Gasteiger partial charge in [-0.1, -0.05) is 0 Å². The van der Waals surface area contributed by atoms with Crippen LogP contribution < -0.4 is 4.74 Å². The maximum atomic E-state index is 13.4. The molecule has 0 aliphatic rings. The van der Waals surface area contributed by atoms with Crippen molar-refractivity contribution >= 4 is 11.6 Å². The van der Waals surface area contributed by atoms with Crippen molar-refractivity contribution in [1.82, 2.24) is 0 Å². The van der Waals surface area contributed by atoms with Gasteiger partial charge in [0.25, 0.3) is 0 Å². The Kier molecular flexibility index (Phi) is 4.96. The monoisotopic (exact) mass is 250 g/mol. The molecule has 0 radical (unpaired) electrons. The molecule has 0 aliphatic carbocycles. The van der Waals surface area contributed by atoms with Crippen LogP contribution in [0.25, 0.3) is 0 Å². The SMILES string of the molecule is COCC(C)Oc1c(F)cc(CCl)cc1F. The molecule has 1 rings (SSSR count). The van der Waals surface area contributed by atoms with E-state index >= 15 is 0 Å². The van der Waals surface area contributed by atoms with Crippen LogP contribution in [0.15, 0.2) is 12.1 Å². The van der Waals surface area contributed by atoms with Crippen LogP contribution in [0.2, 0.25) is 0 Å². The van der Waals surface area contributed by atoms with Gasteiger partial charge in [0.2, 0.25) is 0 Å². The molecular weight excluding hydrogens is 238 g/mol. The molecule has 0 fully saturated rings. The number of methoxy groups -OCH3 is 1. The van der Waals surface area contributed by atoms with E-state index in [9.17, 15) is 8.78 Å². The number of hydrogen-bond acceptors (Lipinski definition) is 2. The number of benzene rings is 1. The second kappa shape index (κ2) is 6.01. The van der Waals surface area contributed by atoms with Crippen molar-refractivity contribution in [2.75, 3.05) is 13.7 Å². The van der Waals surface area contributed by atoms with Crippen molar-refractivity contribution in [1.29, 1.82) is 0 Å². The molecule has 1 unspecified atom stereocenters. The third-order valence-electron chi connectivity index (χ3n) is 1.93. The lowest BCUT2D eigenvalue weighted by molar-refractivity contribution is 0.0862. The molecule has 0 bridgehead atoms. The van der Waals surface area contributed by atoms with Crippen molar-refractivity contribution in [2.24, 2.45) is 0 Å². The molecule has 1 aromatic rings. The van der Waals surface area contributed by atoms with Gasteiger partial charge in [0, 0.05) is 13.0 Å². The third-order valence-corrected chi connectivity index (χ3v) is 2.24. The lowest BCUT2D eigenvalue weighted by atomic mass is 10.2. The molecule has 1 aromatic carbocycles. The van der Waals surface area contributed by atoms with Crippen molar-refractivity contribution in [3.63, 3.8) is 0 Å². The van der Waals surface area contributed by atoms with Crippen molar-refractivity contribution in [3.8, 4) is 5.75 Å². The van der Waals surface area contributed by atoms with Crippen LogP contribution >= 0.6 is 11.6 Å². The predicted molar refractivity (Wildman–Crippen MR) is 57.9 cm³/mol. The van der Waals surface area contributed by atoms with E-state index in [4.69, 9.17) is 21.1 Å². The molecule has 16 heavy (non-hydrogen) atoms. The molecule has 0 aliphatic heterocycles. The third kappa shape index (κ3) is 3.32. The van der Waals surface area contributed by atoms with Crippen LogP contribution in [-0.4, -0.2) is 19.8 Å². The fourth-order valence-corrected chi connectivity index (χ4v) is 1.43. The van der Waals surface area contributed by atoms with Gasteiger partial charge in [-0.2, -0.15) is 0 Å². The van der Waals surface area contributed by atoms with E-state index in [1.165, 1.54) is 7.11 Å². The Balaban J connectivity index is 2.87. The molecule has 1 atom stereocenters. The number of ether oxygens (including phenoxy) is 2. The first-order valence-electron chi connectivity index (χ1n) is 4.78. The summed E-state index contributed by atoms with van der Waals surface area (Å²) in [5.41, 5.74) is 0.378. The number of rotatable bonds is 5. The van der Waals surface area contributed by atoms with Crippen LogP contribution in [-0.2, 0) is 10.6 Å². The van der Waals surface area contributed by atoms with Gasteiger partial charge in [-0.3, -0.25) is 0 Å². The Morgan fingerprint density at radius 3 is 2.31 bits per heavy atom. The van der Waals surface area contributed by atoms with Crippen LogP contribution in [0.5, 0.6) is 5.75 Å². The Hall–Kier alpha value is -0.870. The molecule has 0 saturated heterocycles. The molecule has 90 valence electrons. The summed E-state index contributed by atoms with van der Waals surface area (Å²) in [5, 5.41) is 0. The van der Waals surface area contributed by atoms with Crippen molar-refractivity contribution in [3.05, 3.63) is 29.3 Å². The van der Waals surface area contributed by atoms with Crippen LogP contribution in [0.3, 0.4) is 0 Å². The molecule has 2 nitrogen and oxygen atoms in total. The van der Waals surface area contributed by atoms with Gasteiger partial charge in [-0.25, -0.2) is 8.78 Å². The minimum atomic E-state index is -0.751. The highest BCUT2D eigenvalue weighted by Gasteiger charge is 2.15.